The molecule has 106 valence electrons. The van der Waals surface area contributed by atoms with Gasteiger partial charge in [0, 0.05) is 27.0 Å². The summed E-state index contributed by atoms with van der Waals surface area (Å²) in [5, 5.41) is 7.64. The summed E-state index contributed by atoms with van der Waals surface area (Å²) in [4.78, 5) is 6.40. The number of nitrogens with zero attached hydrogens (tertiary/aromatic N) is 2. The van der Waals surface area contributed by atoms with Crippen molar-refractivity contribution in [1.82, 2.24) is 4.98 Å². The standard InChI is InChI=1S/C13H22N4O2/c1-10(9-19-3)17(7-8-18-2)13-11(12(14)15)5-4-6-16-13/h4-6,10H,7-9H2,1-3H3,(H3,14,15). The lowest BCUT2D eigenvalue weighted by molar-refractivity contribution is 0.170. The summed E-state index contributed by atoms with van der Waals surface area (Å²) in [6.07, 6.45) is 1.70. The van der Waals surface area contributed by atoms with Gasteiger partial charge in [0.1, 0.15) is 11.7 Å². The normalized spacial score (nSPS) is 12.2. The average Bonchev–Trinajstić information content (AvgIpc) is 2.40. The maximum Gasteiger partial charge on any atom is 0.139 e. The maximum atomic E-state index is 7.64. The van der Waals surface area contributed by atoms with Crippen molar-refractivity contribution < 1.29 is 9.47 Å². The van der Waals surface area contributed by atoms with Crippen molar-refractivity contribution in [2.24, 2.45) is 5.73 Å². The van der Waals surface area contributed by atoms with E-state index in [1.54, 1.807) is 32.5 Å². The van der Waals surface area contributed by atoms with Crippen molar-refractivity contribution in [3.05, 3.63) is 23.9 Å². The molecule has 0 radical (unpaired) electrons. The minimum absolute atomic E-state index is 0.00938. The van der Waals surface area contributed by atoms with E-state index in [9.17, 15) is 0 Å². The van der Waals surface area contributed by atoms with Crippen LogP contribution < -0.4 is 10.6 Å². The van der Waals surface area contributed by atoms with E-state index < -0.39 is 0 Å². The zero-order valence-corrected chi connectivity index (χ0v) is 11.7. The second kappa shape index (κ2) is 7.70. The molecule has 1 atom stereocenters. The molecule has 0 aliphatic rings. The number of pyridine rings is 1. The van der Waals surface area contributed by atoms with Gasteiger partial charge in [-0.2, -0.15) is 0 Å². The number of hydrogen-bond donors (Lipinski definition) is 2. The van der Waals surface area contributed by atoms with E-state index >= 15 is 0 Å². The second-order valence-corrected chi connectivity index (χ2v) is 4.28. The van der Waals surface area contributed by atoms with Gasteiger partial charge in [-0.25, -0.2) is 4.98 Å². The average molecular weight is 266 g/mol. The number of hydrogen-bond acceptors (Lipinski definition) is 5. The fourth-order valence-corrected chi connectivity index (χ4v) is 1.89. The Bertz CT molecular complexity index is 411. The zero-order chi connectivity index (χ0) is 14.3. The molecule has 1 rings (SSSR count). The van der Waals surface area contributed by atoms with Crippen LogP contribution in [0, 0.1) is 5.41 Å². The van der Waals surface area contributed by atoms with Crippen LogP contribution in [0.4, 0.5) is 5.82 Å². The fourth-order valence-electron chi connectivity index (χ4n) is 1.89. The van der Waals surface area contributed by atoms with Crippen LogP contribution >= 0.6 is 0 Å². The molecule has 6 nitrogen and oxygen atoms in total. The van der Waals surface area contributed by atoms with Crippen LogP contribution in [0.5, 0.6) is 0 Å². The molecule has 0 saturated heterocycles. The van der Waals surface area contributed by atoms with Crippen molar-refractivity contribution in [3.63, 3.8) is 0 Å². The summed E-state index contributed by atoms with van der Waals surface area (Å²) >= 11 is 0. The van der Waals surface area contributed by atoms with Crippen LogP contribution in [-0.4, -0.2) is 50.8 Å². The third kappa shape index (κ3) is 4.18. The maximum absolute atomic E-state index is 7.64. The highest BCUT2D eigenvalue weighted by Crippen LogP contribution is 2.19. The molecular weight excluding hydrogens is 244 g/mol. The first-order valence-corrected chi connectivity index (χ1v) is 6.15. The molecule has 3 N–H and O–H groups in total. The van der Waals surface area contributed by atoms with Gasteiger partial charge in [-0.3, -0.25) is 5.41 Å². The van der Waals surface area contributed by atoms with Crippen molar-refractivity contribution in [3.8, 4) is 0 Å². The molecule has 0 aliphatic carbocycles. The zero-order valence-electron chi connectivity index (χ0n) is 11.7. The van der Waals surface area contributed by atoms with E-state index in [-0.39, 0.29) is 11.9 Å². The largest absolute Gasteiger partial charge is 0.384 e. The van der Waals surface area contributed by atoms with Crippen molar-refractivity contribution >= 4 is 11.7 Å². The lowest BCUT2D eigenvalue weighted by Gasteiger charge is -2.31. The highest BCUT2D eigenvalue weighted by Gasteiger charge is 2.19. The first kappa shape index (κ1) is 15.4. The third-order valence-corrected chi connectivity index (χ3v) is 2.83. The van der Waals surface area contributed by atoms with E-state index in [0.717, 1.165) is 0 Å². The predicted octanol–water partition coefficient (Wildman–Crippen LogP) is 0.853. The second-order valence-electron chi connectivity index (χ2n) is 4.28. The molecule has 0 aromatic carbocycles. The molecule has 0 bridgehead atoms. The van der Waals surface area contributed by atoms with Crippen LogP contribution in [0.15, 0.2) is 18.3 Å². The quantitative estimate of drug-likeness (QED) is 0.538. The van der Waals surface area contributed by atoms with Gasteiger partial charge in [0.25, 0.3) is 0 Å². The van der Waals surface area contributed by atoms with Gasteiger partial charge in [0.05, 0.1) is 24.8 Å². The van der Waals surface area contributed by atoms with Gasteiger partial charge in [0.2, 0.25) is 0 Å². The number of ether oxygens (including phenoxy) is 2. The summed E-state index contributed by atoms with van der Waals surface area (Å²) in [6.45, 7) is 3.84. The van der Waals surface area contributed by atoms with Crippen molar-refractivity contribution in [2.45, 2.75) is 13.0 Å². The van der Waals surface area contributed by atoms with Crippen molar-refractivity contribution in [1.29, 1.82) is 5.41 Å². The highest BCUT2D eigenvalue weighted by atomic mass is 16.5. The smallest absolute Gasteiger partial charge is 0.139 e. The molecular formula is C13H22N4O2. The van der Waals surface area contributed by atoms with Crippen LogP contribution in [0.1, 0.15) is 12.5 Å². The third-order valence-electron chi connectivity index (χ3n) is 2.83. The van der Waals surface area contributed by atoms with Crippen molar-refractivity contribution in [2.75, 3.05) is 38.9 Å². The fraction of sp³-hybridized carbons (Fsp3) is 0.538. The van der Waals surface area contributed by atoms with Gasteiger partial charge in [-0.15, -0.1) is 0 Å². The molecule has 1 aromatic heterocycles. The van der Waals surface area contributed by atoms with E-state index in [1.807, 2.05) is 11.8 Å². The molecule has 1 unspecified atom stereocenters. The first-order chi connectivity index (χ1) is 9.11. The number of nitrogens with two attached hydrogens (primary N) is 1. The number of rotatable bonds is 8. The summed E-state index contributed by atoms with van der Waals surface area (Å²) in [7, 11) is 3.32. The molecule has 0 fully saturated rings. The Hall–Kier alpha value is -1.66. The molecule has 19 heavy (non-hydrogen) atoms. The summed E-state index contributed by atoms with van der Waals surface area (Å²) in [5.41, 5.74) is 6.24. The monoisotopic (exact) mass is 266 g/mol. The van der Waals surface area contributed by atoms with Gasteiger partial charge >= 0.3 is 0 Å². The van der Waals surface area contributed by atoms with Gasteiger partial charge in [-0.05, 0) is 19.1 Å². The highest BCUT2D eigenvalue weighted by molar-refractivity contribution is 5.99. The summed E-state index contributed by atoms with van der Waals surface area (Å²) < 4.78 is 10.3. The Labute approximate surface area is 114 Å². The molecule has 0 spiro atoms. The molecule has 6 heteroatoms. The number of nitrogen functional groups attached to an aromatic ring is 1. The number of aromatic nitrogens is 1. The Morgan fingerprint density at radius 2 is 2.21 bits per heavy atom. The number of nitrogens with one attached hydrogen (secondary N) is 1. The molecule has 0 saturated carbocycles. The Kier molecular flexibility index (Phi) is 6.24. The van der Waals surface area contributed by atoms with Crippen LogP contribution in [-0.2, 0) is 9.47 Å². The van der Waals surface area contributed by atoms with Crippen LogP contribution in [0.25, 0.3) is 0 Å². The van der Waals surface area contributed by atoms with Crippen LogP contribution in [0.3, 0.4) is 0 Å². The van der Waals surface area contributed by atoms with E-state index in [2.05, 4.69) is 4.98 Å². The first-order valence-electron chi connectivity index (χ1n) is 6.15. The SMILES string of the molecule is COCCN(c1ncccc1C(=N)N)C(C)COC. The van der Waals surface area contributed by atoms with Crippen LogP contribution in [0.2, 0.25) is 0 Å². The number of amidine groups is 1. The van der Waals surface area contributed by atoms with E-state index in [0.29, 0.717) is 31.1 Å². The van der Waals surface area contributed by atoms with E-state index in [4.69, 9.17) is 20.6 Å². The molecule has 1 aromatic rings. The Morgan fingerprint density at radius 3 is 2.79 bits per heavy atom. The summed E-state index contributed by atoms with van der Waals surface area (Å²) in [6, 6.07) is 3.69. The molecule has 1 heterocycles. The topological polar surface area (TPSA) is 84.5 Å². The lowest BCUT2D eigenvalue weighted by Crippen LogP contribution is -2.40. The molecule has 0 aliphatic heterocycles. The summed E-state index contributed by atoms with van der Waals surface area (Å²) in [5.74, 6) is 0.701. The molecule has 0 amide bonds. The van der Waals surface area contributed by atoms with Gasteiger partial charge < -0.3 is 20.1 Å². The van der Waals surface area contributed by atoms with E-state index in [1.165, 1.54) is 0 Å². The minimum atomic E-state index is 0.00938. The Balaban J connectivity index is 3.05. The Morgan fingerprint density at radius 1 is 1.47 bits per heavy atom. The lowest BCUT2D eigenvalue weighted by atomic mass is 10.2. The van der Waals surface area contributed by atoms with Gasteiger partial charge in [-0.1, -0.05) is 0 Å². The number of methoxy groups -OCH3 is 2. The van der Waals surface area contributed by atoms with Gasteiger partial charge in [0.15, 0.2) is 0 Å². The predicted molar refractivity (Wildman–Crippen MR) is 75.8 cm³/mol. The number of anilines is 1. The minimum Gasteiger partial charge on any atom is -0.384 e.